The topological polar surface area (TPSA) is 9.23 Å². The highest BCUT2D eigenvalue weighted by Gasteiger charge is 2.64. The highest BCUT2D eigenvalue weighted by Crippen LogP contribution is 2.69. The van der Waals surface area contributed by atoms with E-state index < -0.39 is 0 Å². The average molecular weight is 248 g/mol. The van der Waals surface area contributed by atoms with Gasteiger partial charge in [0.15, 0.2) is 0 Å². The lowest BCUT2D eigenvalue weighted by Gasteiger charge is -2.55. The molecule has 0 amide bonds. The minimum absolute atomic E-state index is 0.374. The second-order valence-corrected chi connectivity index (χ2v) is 6.84. The number of allylic oxidation sites excluding steroid dienone is 4. The van der Waals surface area contributed by atoms with Crippen molar-refractivity contribution in [1.29, 1.82) is 0 Å². The fourth-order valence-electron chi connectivity index (χ4n) is 5.67. The quantitative estimate of drug-likeness (QED) is 0.637. The summed E-state index contributed by atoms with van der Waals surface area (Å²) in [5, 5.41) is 0. The van der Waals surface area contributed by atoms with Crippen molar-refractivity contribution in [3.8, 4) is 0 Å². The minimum atomic E-state index is 0.374. The maximum Gasteiger partial charge on any atom is 0.0875 e. The Morgan fingerprint density at radius 2 is 1.11 bits per heavy atom. The van der Waals surface area contributed by atoms with Crippen molar-refractivity contribution in [2.45, 2.75) is 12.2 Å². The molecule has 1 heteroatoms. The standard InChI is InChI=1S/C18H16O/c1-2-4-14-13(3-1)17-15-11-7-8-12(10-6-5-9(10)11)16(15)18(14)19-17/h1-12,15-18H. The Balaban J connectivity index is 1.57. The molecule has 4 aliphatic carbocycles. The van der Waals surface area contributed by atoms with E-state index in [2.05, 4.69) is 48.6 Å². The second kappa shape index (κ2) is 2.88. The lowest BCUT2D eigenvalue weighted by atomic mass is 9.47. The Morgan fingerprint density at radius 3 is 1.58 bits per heavy atom. The SMILES string of the molecule is C1=CC2C1C1C=CC2C2C3OC(c4ccccc43)C12. The molecule has 0 radical (unpaired) electrons. The highest BCUT2D eigenvalue weighted by atomic mass is 16.5. The zero-order valence-corrected chi connectivity index (χ0v) is 10.6. The number of fused-ring (bicyclic) bond motifs is 5. The van der Waals surface area contributed by atoms with Gasteiger partial charge in [0.05, 0.1) is 12.2 Å². The summed E-state index contributed by atoms with van der Waals surface area (Å²) < 4.78 is 6.43. The fourth-order valence-corrected chi connectivity index (χ4v) is 5.67. The molecule has 8 atom stereocenters. The van der Waals surface area contributed by atoms with Crippen LogP contribution in [0.3, 0.4) is 0 Å². The van der Waals surface area contributed by atoms with Gasteiger partial charge in [-0.15, -0.1) is 0 Å². The smallest absolute Gasteiger partial charge is 0.0875 e. The molecule has 1 saturated carbocycles. The van der Waals surface area contributed by atoms with Crippen LogP contribution >= 0.6 is 0 Å². The van der Waals surface area contributed by atoms with Crippen molar-refractivity contribution in [1.82, 2.24) is 0 Å². The number of hydrogen-bond acceptors (Lipinski definition) is 1. The van der Waals surface area contributed by atoms with Crippen LogP contribution in [0.5, 0.6) is 0 Å². The van der Waals surface area contributed by atoms with Crippen LogP contribution in [0.25, 0.3) is 0 Å². The van der Waals surface area contributed by atoms with Crippen LogP contribution in [0.1, 0.15) is 23.3 Å². The predicted octanol–water partition coefficient (Wildman–Crippen LogP) is 3.66. The molecule has 0 spiro atoms. The van der Waals surface area contributed by atoms with Crippen LogP contribution in [-0.4, -0.2) is 0 Å². The molecule has 4 bridgehead atoms. The van der Waals surface area contributed by atoms with Crippen molar-refractivity contribution in [3.63, 3.8) is 0 Å². The first-order chi connectivity index (χ1) is 9.43. The summed E-state index contributed by atoms with van der Waals surface area (Å²) in [7, 11) is 0. The molecule has 1 saturated heterocycles. The zero-order valence-electron chi connectivity index (χ0n) is 10.6. The molecular formula is C18H16O. The van der Waals surface area contributed by atoms with Gasteiger partial charge < -0.3 is 4.74 Å². The molecule has 94 valence electrons. The van der Waals surface area contributed by atoms with Crippen LogP contribution in [0.4, 0.5) is 0 Å². The Labute approximate surface area is 113 Å². The van der Waals surface area contributed by atoms with Crippen molar-refractivity contribution < 1.29 is 4.74 Å². The molecule has 2 aliphatic heterocycles. The van der Waals surface area contributed by atoms with Gasteiger partial charge in [-0.05, 0) is 34.8 Å². The van der Waals surface area contributed by atoms with Crippen LogP contribution in [0, 0.1) is 35.5 Å². The zero-order chi connectivity index (χ0) is 12.1. The van der Waals surface area contributed by atoms with Gasteiger partial charge in [0.1, 0.15) is 0 Å². The van der Waals surface area contributed by atoms with E-state index in [0.29, 0.717) is 12.2 Å². The van der Waals surface area contributed by atoms with Gasteiger partial charge in [-0.1, -0.05) is 48.6 Å². The third kappa shape index (κ3) is 0.884. The Bertz CT molecular complexity index is 590. The molecule has 1 nitrogen and oxygen atoms in total. The molecule has 2 fully saturated rings. The van der Waals surface area contributed by atoms with Gasteiger partial charge in [-0.25, -0.2) is 0 Å². The lowest BCUT2D eigenvalue weighted by molar-refractivity contribution is 0.0359. The van der Waals surface area contributed by atoms with Crippen molar-refractivity contribution in [2.75, 3.05) is 0 Å². The Hall–Kier alpha value is -1.34. The maximum absolute atomic E-state index is 6.43. The summed E-state index contributed by atoms with van der Waals surface area (Å²) in [4.78, 5) is 0. The molecule has 7 rings (SSSR count). The third-order valence-corrected chi connectivity index (χ3v) is 6.38. The summed E-state index contributed by atoms with van der Waals surface area (Å²) >= 11 is 0. The van der Waals surface area contributed by atoms with Crippen LogP contribution in [0.15, 0.2) is 48.6 Å². The minimum Gasteiger partial charge on any atom is -0.365 e. The number of benzene rings is 1. The van der Waals surface area contributed by atoms with E-state index in [4.69, 9.17) is 4.74 Å². The van der Waals surface area contributed by atoms with E-state index in [-0.39, 0.29) is 0 Å². The van der Waals surface area contributed by atoms with Gasteiger partial charge >= 0.3 is 0 Å². The van der Waals surface area contributed by atoms with Crippen LogP contribution in [0.2, 0.25) is 0 Å². The van der Waals surface area contributed by atoms with Crippen LogP contribution in [-0.2, 0) is 4.74 Å². The van der Waals surface area contributed by atoms with E-state index in [1.807, 2.05) is 0 Å². The molecule has 1 aromatic carbocycles. The monoisotopic (exact) mass is 248 g/mol. The van der Waals surface area contributed by atoms with Gasteiger partial charge in [0, 0.05) is 11.8 Å². The molecule has 8 unspecified atom stereocenters. The molecule has 1 aromatic rings. The first kappa shape index (κ1) is 9.55. The first-order valence-electron chi connectivity index (χ1n) is 7.54. The van der Waals surface area contributed by atoms with E-state index in [9.17, 15) is 0 Å². The summed E-state index contributed by atoms with van der Waals surface area (Å²) in [5.41, 5.74) is 2.96. The molecule has 2 heterocycles. The summed E-state index contributed by atoms with van der Waals surface area (Å²) in [6.07, 6.45) is 10.6. The first-order valence-corrected chi connectivity index (χ1v) is 7.54. The Kier molecular flexibility index (Phi) is 1.45. The van der Waals surface area contributed by atoms with E-state index in [0.717, 1.165) is 35.5 Å². The van der Waals surface area contributed by atoms with Gasteiger partial charge in [0.2, 0.25) is 0 Å². The second-order valence-electron chi connectivity index (χ2n) is 6.84. The molecule has 0 aromatic heterocycles. The lowest BCUT2D eigenvalue weighted by Crippen LogP contribution is -2.51. The summed E-state index contributed by atoms with van der Waals surface area (Å²) in [6.45, 7) is 0. The van der Waals surface area contributed by atoms with Crippen LogP contribution < -0.4 is 0 Å². The average Bonchev–Trinajstić information content (AvgIpc) is 2.97. The van der Waals surface area contributed by atoms with E-state index in [1.165, 1.54) is 11.1 Å². The van der Waals surface area contributed by atoms with Crippen molar-refractivity contribution in [2.24, 2.45) is 35.5 Å². The molecular weight excluding hydrogens is 232 g/mol. The normalized spacial score (nSPS) is 53.7. The maximum atomic E-state index is 6.43. The van der Waals surface area contributed by atoms with Gasteiger partial charge in [-0.3, -0.25) is 0 Å². The number of ether oxygens (including phenoxy) is 1. The summed E-state index contributed by atoms with van der Waals surface area (Å²) in [5.74, 6) is 4.56. The molecule has 6 aliphatic rings. The number of hydrogen-bond donors (Lipinski definition) is 0. The summed E-state index contributed by atoms with van der Waals surface area (Å²) in [6, 6.07) is 8.91. The van der Waals surface area contributed by atoms with Crippen molar-refractivity contribution in [3.05, 3.63) is 59.7 Å². The Morgan fingerprint density at radius 1 is 0.632 bits per heavy atom. The van der Waals surface area contributed by atoms with Gasteiger partial charge in [0.25, 0.3) is 0 Å². The highest BCUT2D eigenvalue weighted by molar-refractivity contribution is 5.43. The number of rotatable bonds is 0. The molecule has 19 heavy (non-hydrogen) atoms. The predicted molar refractivity (Wildman–Crippen MR) is 72.2 cm³/mol. The molecule has 0 N–H and O–H groups in total. The largest absolute Gasteiger partial charge is 0.365 e. The van der Waals surface area contributed by atoms with Crippen molar-refractivity contribution >= 4 is 0 Å². The van der Waals surface area contributed by atoms with E-state index in [1.54, 1.807) is 0 Å². The van der Waals surface area contributed by atoms with Gasteiger partial charge in [-0.2, -0.15) is 0 Å². The fraction of sp³-hybridized carbons (Fsp3) is 0.444. The third-order valence-electron chi connectivity index (χ3n) is 6.38. The van der Waals surface area contributed by atoms with E-state index >= 15 is 0 Å².